The van der Waals surface area contributed by atoms with Gasteiger partial charge in [0.1, 0.15) is 22.3 Å². The van der Waals surface area contributed by atoms with E-state index in [2.05, 4.69) is 358 Å². The van der Waals surface area contributed by atoms with Crippen molar-refractivity contribution in [2.24, 2.45) is 0 Å². The third-order valence-corrected chi connectivity index (χ3v) is 24.4. The molecule has 0 saturated carbocycles. The van der Waals surface area contributed by atoms with Crippen molar-refractivity contribution in [1.82, 2.24) is 19.9 Å². The van der Waals surface area contributed by atoms with Gasteiger partial charge in [0, 0.05) is 54.9 Å². The van der Waals surface area contributed by atoms with Crippen molar-refractivity contribution in [1.29, 1.82) is 0 Å². The van der Waals surface area contributed by atoms with Gasteiger partial charge in [0.25, 0.3) is 0 Å². The lowest BCUT2D eigenvalue weighted by atomic mass is 9.66. The first kappa shape index (κ1) is 62.3. The van der Waals surface area contributed by atoms with Gasteiger partial charge in [0.15, 0.2) is 11.6 Å². The molecule has 0 atom stereocenters. The third-order valence-electron chi connectivity index (χ3n) is 24.4. The van der Waals surface area contributed by atoms with Crippen molar-refractivity contribution in [2.45, 2.75) is 10.8 Å². The van der Waals surface area contributed by atoms with E-state index in [-0.39, 0.29) is 0 Å². The number of rotatable bonds is 7. The molecule has 6 heteroatoms. The van der Waals surface area contributed by atoms with Crippen LogP contribution in [0.25, 0.3) is 190 Å². The number of hydrogen-bond acceptors (Lipinski definition) is 6. The molecule has 4 aliphatic carbocycles. The fourth-order valence-corrected chi connectivity index (χ4v) is 19.6. The van der Waals surface area contributed by atoms with E-state index >= 15 is 0 Å². The Morgan fingerprint density at radius 3 is 1.03 bits per heavy atom. The van der Waals surface area contributed by atoms with E-state index in [0.29, 0.717) is 11.6 Å². The van der Waals surface area contributed by atoms with Crippen molar-refractivity contribution in [3.05, 3.63) is 421 Å². The highest BCUT2D eigenvalue weighted by molar-refractivity contribution is 6.11. The van der Waals surface area contributed by atoms with E-state index in [1.54, 1.807) is 0 Å². The molecule has 0 bridgehead atoms. The SMILES string of the molecule is c1ccc(-c2nc(-c3ccc4c(c3)-c3ccccc3-c3ccccc3C43c4ccccc4-c4ccccc43)cc(-c3ccc4oc5cc(-c6ccc(-c7nc(-c8ccc9c(c8)-c8ccccc8-c8ccccc8C98c9ccccc9-c9ccccc98)cc(-c8cccc9c8oc8ccccc89)n7)cc6)ccc5c4c3)n2)cc1. The Hall–Kier alpha value is -14.7. The van der Waals surface area contributed by atoms with Gasteiger partial charge in [-0.2, -0.15) is 0 Å². The monoisotopic (exact) mass is 1420 g/mol. The zero-order valence-electron chi connectivity index (χ0n) is 60.4. The lowest BCUT2D eigenvalue weighted by Gasteiger charge is -2.35. The third kappa shape index (κ3) is 8.91. The predicted molar refractivity (Wildman–Crippen MR) is 454 cm³/mol. The van der Waals surface area contributed by atoms with Crippen molar-refractivity contribution in [3.63, 3.8) is 0 Å². The van der Waals surface area contributed by atoms with Gasteiger partial charge in [-0.3, -0.25) is 0 Å². The fraction of sp³-hybridized carbons (Fsp3) is 0.0189. The van der Waals surface area contributed by atoms with Gasteiger partial charge in [0.05, 0.1) is 33.6 Å². The first-order chi connectivity index (χ1) is 55.5. The number of hydrogen-bond donors (Lipinski definition) is 0. The Morgan fingerprint density at radius 1 is 0.170 bits per heavy atom. The van der Waals surface area contributed by atoms with Gasteiger partial charge in [-0.25, -0.2) is 19.9 Å². The van der Waals surface area contributed by atoms with Crippen LogP contribution in [-0.2, 0) is 10.8 Å². The Balaban J connectivity index is 0.611. The Labute approximate surface area is 645 Å². The molecule has 6 nitrogen and oxygen atoms in total. The van der Waals surface area contributed by atoms with Crippen LogP contribution in [0.4, 0.5) is 0 Å². The van der Waals surface area contributed by atoms with Crippen LogP contribution < -0.4 is 0 Å². The molecule has 518 valence electrons. The summed E-state index contributed by atoms with van der Waals surface area (Å²) in [5.74, 6) is 1.25. The molecule has 20 aromatic rings. The van der Waals surface area contributed by atoms with Crippen molar-refractivity contribution < 1.29 is 8.83 Å². The van der Waals surface area contributed by atoms with Gasteiger partial charge < -0.3 is 8.83 Å². The second-order valence-electron chi connectivity index (χ2n) is 30.1. The summed E-state index contributed by atoms with van der Waals surface area (Å²) < 4.78 is 13.6. The fourth-order valence-electron chi connectivity index (χ4n) is 19.6. The van der Waals surface area contributed by atoms with Crippen LogP contribution >= 0.6 is 0 Å². The van der Waals surface area contributed by atoms with Crippen LogP contribution in [0.3, 0.4) is 0 Å². The molecule has 0 N–H and O–H groups in total. The first-order valence-corrected chi connectivity index (χ1v) is 38.4. The Kier molecular flexibility index (Phi) is 13.3. The van der Waals surface area contributed by atoms with Gasteiger partial charge in [0.2, 0.25) is 0 Å². The number of benzene rings is 16. The average Bonchev–Trinajstić information content (AvgIpc) is 1.55. The second-order valence-corrected chi connectivity index (χ2v) is 30.1. The van der Waals surface area contributed by atoms with Crippen LogP contribution in [0, 0.1) is 0 Å². The maximum Gasteiger partial charge on any atom is 0.160 e. The highest BCUT2D eigenvalue weighted by Gasteiger charge is 2.51. The Morgan fingerprint density at radius 2 is 0.509 bits per heavy atom. The molecule has 2 spiro atoms. The summed E-state index contributed by atoms with van der Waals surface area (Å²) in [6.45, 7) is 0. The van der Waals surface area contributed by atoms with Gasteiger partial charge in [-0.15, -0.1) is 0 Å². The molecule has 0 fully saturated rings. The first-order valence-electron chi connectivity index (χ1n) is 38.4. The molecule has 4 aliphatic rings. The molecular weight excluding hydrogens is 1360 g/mol. The van der Waals surface area contributed by atoms with E-state index in [4.69, 9.17) is 28.8 Å². The number of furan rings is 2. The molecule has 112 heavy (non-hydrogen) atoms. The summed E-state index contributed by atoms with van der Waals surface area (Å²) in [5.41, 5.74) is 37.7. The molecule has 24 rings (SSSR count). The van der Waals surface area contributed by atoms with Crippen LogP contribution in [0.2, 0.25) is 0 Å². The zero-order valence-corrected chi connectivity index (χ0v) is 60.4. The average molecular weight is 1420 g/mol. The maximum atomic E-state index is 6.82. The molecule has 0 unspecified atom stereocenters. The van der Waals surface area contributed by atoms with Crippen molar-refractivity contribution in [3.8, 4) is 146 Å². The molecule has 4 heterocycles. The van der Waals surface area contributed by atoms with Crippen LogP contribution in [0.1, 0.15) is 44.5 Å². The van der Waals surface area contributed by atoms with E-state index in [9.17, 15) is 0 Å². The maximum absolute atomic E-state index is 6.82. The number of aromatic nitrogens is 4. The Bertz CT molecular complexity index is 7310. The predicted octanol–water partition coefficient (Wildman–Crippen LogP) is 26.8. The van der Waals surface area contributed by atoms with Gasteiger partial charge in [-0.1, -0.05) is 309 Å². The summed E-state index contributed by atoms with van der Waals surface area (Å²) in [4.78, 5) is 21.9. The van der Waals surface area contributed by atoms with E-state index in [1.807, 2.05) is 18.2 Å². The minimum atomic E-state index is -0.605. The smallest absolute Gasteiger partial charge is 0.160 e. The number of fused-ring (bicyclic) bond motifs is 30. The number of nitrogens with zero attached hydrogens (tertiary/aromatic N) is 4. The molecule has 16 aromatic carbocycles. The van der Waals surface area contributed by atoms with Crippen LogP contribution in [-0.4, -0.2) is 19.9 Å². The molecule has 0 radical (unpaired) electrons. The number of para-hydroxylation sites is 2. The van der Waals surface area contributed by atoms with E-state index < -0.39 is 10.8 Å². The summed E-state index contributed by atoms with van der Waals surface area (Å²) in [5, 5.41) is 4.12. The molecule has 0 aliphatic heterocycles. The molecule has 0 amide bonds. The second kappa shape index (κ2) is 23.9. The van der Waals surface area contributed by atoms with Crippen LogP contribution in [0.15, 0.2) is 385 Å². The van der Waals surface area contributed by atoms with Crippen molar-refractivity contribution >= 4 is 43.9 Å². The molecular formula is C106H62N4O2. The lowest BCUT2D eigenvalue weighted by molar-refractivity contribution is 0.669. The molecule has 4 aromatic heterocycles. The molecule has 0 saturated heterocycles. The summed E-state index contributed by atoms with van der Waals surface area (Å²) in [6.07, 6.45) is 0. The van der Waals surface area contributed by atoms with E-state index in [1.165, 1.54) is 106 Å². The normalized spacial score (nSPS) is 13.3. The highest BCUT2D eigenvalue weighted by Crippen LogP contribution is 2.64. The summed E-state index contributed by atoms with van der Waals surface area (Å²) in [6, 6.07) is 137. The van der Waals surface area contributed by atoms with E-state index in [0.717, 1.165) is 117 Å². The minimum Gasteiger partial charge on any atom is -0.456 e. The standard InChI is InChI=1S/C106H62N4O2/c1-2-23-64(24-3-1)103-107-95(67-50-54-93-84(57-67)72-27-6-4-25-70(72)74-29-8-15-38-87(74)105(93)89-40-17-10-31-76(89)77-32-11-18-41-90(77)105)61-96(108-103)69-52-56-100-86(59-69)81-53-49-66(60-101(81)111-100)63-45-47-65(48-46-63)104-109-97(62-98(110-104)83-37-22-36-82-80-35-14-21-44-99(80)112-102(82)83)68-51-55-94-85(58-68)73-28-7-5-26-71(73)75-30-9-16-39-88(75)106(94)91-42-19-12-33-78(91)79-34-13-20-43-92(79)106/h1-62H. The van der Waals surface area contributed by atoms with Gasteiger partial charge >= 0.3 is 0 Å². The minimum absolute atomic E-state index is 0.584. The largest absolute Gasteiger partial charge is 0.456 e. The van der Waals surface area contributed by atoms with Crippen LogP contribution in [0.5, 0.6) is 0 Å². The van der Waals surface area contributed by atoms with Gasteiger partial charge in [-0.05, 0) is 189 Å². The lowest BCUT2D eigenvalue weighted by Crippen LogP contribution is -2.29. The quantitative estimate of drug-likeness (QED) is 0.158. The van der Waals surface area contributed by atoms with Crippen molar-refractivity contribution in [2.75, 3.05) is 0 Å². The summed E-state index contributed by atoms with van der Waals surface area (Å²) in [7, 11) is 0. The summed E-state index contributed by atoms with van der Waals surface area (Å²) >= 11 is 0. The highest BCUT2D eigenvalue weighted by atomic mass is 16.3. The zero-order chi connectivity index (χ0) is 73.3. The topological polar surface area (TPSA) is 77.8 Å².